The van der Waals surface area contributed by atoms with Gasteiger partial charge in [-0.15, -0.1) is 0 Å². The zero-order chi connectivity index (χ0) is 11.8. The Bertz CT molecular complexity index is 747. The van der Waals surface area contributed by atoms with E-state index in [1.807, 2.05) is 18.2 Å². The van der Waals surface area contributed by atoms with E-state index in [1.54, 1.807) is 28.4 Å². The highest BCUT2D eigenvalue weighted by Gasteiger charge is 2.11. The van der Waals surface area contributed by atoms with Crippen molar-refractivity contribution in [3.8, 4) is 5.69 Å². The number of nitrogens with zero attached hydrogens (tertiary/aromatic N) is 2. The molecule has 3 rings (SSSR count). The monoisotopic (exact) mass is 262 g/mol. The van der Waals surface area contributed by atoms with Crippen LogP contribution in [0.25, 0.3) is 15.9 Å². The summed E-state index contributed by atoms with van der Waals surface area (Å²) in [7, 11) is 0. The molecule has 17 heavy (non-hydrogen) atoms. The van der Waals surface area contributed by atoms with Crippen LogP contribution in [-0.2, 0) is 0 Å². The Morgan fingerprint density at radius 1 is 1.18 bits per heavy atom. The van der Waals surface area contributed by atoms with Crippen LogP contribution in [0.2, 0.25) is 5.02 Å². The number of pyridine rings is 1. The third kappa shape index (κ3) is 1.66. The second-order valence-corrected chi connectivity index (χ2v) is 4.84. The molecule has 0 radical (unpaired) electrons. The molecule has 0 aliphatic heterocycles. The van der Waals surface area contributed by atoms with Gasteiger partial charge in [0.05, 0.1) is 16.1 Å². The molecular formula is C12H7ClN2OS. The lowest BCUT2D eigenvalue weighted by Crippen LogP contribution is -2.10. The third-order valence-electron chi connectivity index (χ3n) is 2.44. The topological polar surface area (TPSA) is 34.9 Å². The number of para-hydroxylation sites is 1. The predicted molar refractivity (Wildman–Crippen MR) is 70.2 cm³/mol. The maximum Gasteiger partial charge on any atom is 0.274 e. The molecule has 3 nitrogen and oxygen atoms in total. The van der Waals surface area contributed by atoms with Gasteiger partial charge in [-0.2, -0.15) is 0 Å². The summed E-state index contributed by atoms with van der Waals surface area (Å²) in [4.78, 5) is 17.0. The van der Waals surface area contributed by atoms with E-state index in [4.69, 9.17) is 11.6 Å². The van der Waals surface area contributed by atoms with Gasteiger partial charge >= 0.3 is 0 Å². The second-order valence-electron chi connectivity index (χ2n) is 3.50. The van der Waals surface area contributed by atoms with E-state index in [1.165, 1.54) is 11.5 Å². The van der Waals surface area contributed by atoms with E-state index in [0.29, 0.717) is 16.1 Å². The van der Waals surface area contributed by atoms with E-state index in [9.17, 15) is 4.79 Å². The van der Waals surface area contributed by atoms with Gasteiger partial charge in [-0.3, -0.25) is 4.79 Å². The standard InChI is InChI=1S/C12H7ClN2OS/c13-9-5-1-2-6-10(9)15-12(16)8-4-3-7-14-11(8)17-15/h1-7H. The largest absolute Gasteiger partial charge is 0.274 e. The smallest absolute Gasteiger partial charge is 0.267 e. The fraction of sp³-hybridized carbons (Fsp3) is 0. The number of hydrogen-bond donors (Lipinski definition) is 0. The number of fused-ring (bicyclic) bond motifs is 1. The van der Waals surface area contributed by atoms with Gasteiger partial charge in [-0.05, 0) is 35.8 Å². The van der Waals surface area contributed by atoms with Crippen molar-refractivity contribution >= 4 is 33.4 Å². The first kappa shape index (κ1) is 10.5. The highest BCUT2D eigenvalue weighted by molar-refractivity contribution is 7.13. The van der Waals surface area contributed by atoms with Crippen molar-refractivity contribution < 1.29 is 0 Å². The van der Waals surface area contributed by atoms with Crippen LogP contribution in [0.3, 0.4) is 0 Å². The maximum absolute atomic E-state index is 12.2. The van der Waals surface area contributed by atoms with E-state index < -0.39 is 0 Å². The molecule has 0 N–H and O–H groups in total. The van der Waals surface area contributed by atoms with Crippen LogP contribution in [-0.4, -0.2) is 8.94 Å². The van der Waals surface area contributed by atoms with Crippen molar-refractivity contribution in [1.29, 1.82) is 0 Å². The lowest BCUT2D eigenvalue weighted by Gasteiger charge is -2.01. The molecule has 2 aromatic heterocycles. The Balaban J connectivity index is 2.36. The fourth-order valence-electron chi connectivity index (χ4n) is 1.64. The van der Waals surface area contributed by atoms with E-state index in [-0.39, 0.29) is 5.56 Å². The van der Waals surface area contributed by atoms with Gasteiger partial charge in [0.15, 0.2) is 0 Å². The normalized spacial score (nSPS) is 10.9. The molecule has 84 valence electrons. The first-order valence-electron chi connectivity index (χ1n) is 4.99. The molecule has 0 unspecified atom stereocenters. The molecule has 0 fully saturated rings. The molecule has 3 aromatic rings. The van der Waals surface area contributed by atoms with Crippen molar-refractivity contribution in [3.05, 3.63) is 58.0 Å². The minimum atomic E-state index is -0.0776. The minimum Gasteiger partial charge on any atom is -0.267 e. The summed E-state index contributed by atoms with van der Waals surface area (Å²) in [5.41, 5.74) is 0.619. The van der Waals surface area contributed by atoms with Crippen LogP contribution in [0, 0.1) is 0 Å². The number of benzene rings is 1. The SMILES string of the molecule is O=c1c2cccnc2sn1-c1ccccc1Cl. The summed E-state index contributed by atoms with van der Waals surface area (Å²) < 4.78 is 1.57. The molecule has 0 atom stereocenters. The van der Waals surface area contributed by atoms with Gasteiger partial charge in [-0.1, -0.05) is 23.7 Å². The summed E-state index contributed by atoms with van der Waals surface area (Å²) in [5, 5.41) is 1.18. The molecule has 0 saturated heterocycles. The summed E-state index contributed by atoms with van der Waals surface area (Å²) in [5.74, 6) is 0. The van der Waals surface area contributed by atoms with Gasteiger partial charge < -0.3 is 0 Å². The Morgan fingerprint density at radius 3 is 2.76 bits per heavy atom. The molecular weight excluding hydrogens is 256 g/mol. The van der Waals surface area contributed by atoms with Gasteiger partial charge in [0.25, 0.3) is 5.56 Å². The lowest BCUT2D eigenvalue weighted by atomic mass is 10.3. The molecule has 5 heteroatoms. The lowest BCUT2D eigenvalue weighted by molar-refractivity contribution is 1.14. The van der Waals surface area contributed by atoms with Crippen LogP contribution in [0.4, 0.5) is 0 Å². The predicted octanol–water partition coefficient (Wildman–Crippen LogP) is 3.10. The third-order valence-corrected chi connectivity index (χ3v) is 3.80. The highest BCUT2D eigenvalue weighted by Crippen LogP contribution is 2.23. The van der Waals surface area contributed by atoms with Crippen LogP contribution < -0.4 is 5.56 Å². The fourth-order valence-corrected chi connectivity index (χ4v) is 2.88. The maximum atomic E-state index is 12.2. The van der Waals surface area contributed by atoms with E-state index in [0.717, 1.165) is 4.83 Å². The average Bonchev–Trinajstić information content (AvgIpc) is 2.68. The summed E-state index contributed by atoms with van der Waals surface area (Å²) in [6, 6.07) is 10.8. The molecule has 0 amide bonds. The quantitative estimate of drug-likeness (QED) is 0.675. The Kier molecular flexibility index (Phi) is 2.46. The number of aromatic nitrogens is 2. The van der Waals surface area contributed by atoms with Crippen LogP contribution >= 0.6 is 23.1 Å². The van der Waals surface area contributed by atoms with Gasteiger partial charge in [0, 0.05) is 6.20 Å². The Hall–Kier alpha value is -1.65. The number of halogens is 1. The summed E-state index contributed by atoms with van der Waals surface area (Å²) in [6.45, 7) is 0. The Morgan fingerprint density at radius 2 is 2.00 bits per heavy atom. The van der Waals surface area contributed by atoms with Crippen molar-refractivity contribution in [1.82, 2.24) is 8.94 Å². The molecule has 0 aliphatic rings. The van der Waals surface area contributed by atoms with Crippen molar-refractivity contribution in [3.63, 3.8) is 0 Å². The van der Waals surface area contributed by atoms with Crippen LogP contribution in [0.15, 0.2) is 47.4 Å². The summed E-state index contributed by atoms with van der Waals surface area (Å²) in [6.07, 6.45) is 1.68. The van der Waals surface area contributed by atoms with Crippen molar-refractivity contribution in [2.24, 2.45) is 0 Å². The van der Waals surface area contributed by atoms with Gasteiger partial charge in [-0.25, -0.2) is 8.94 Å². The van der Waals surface area contributed by atoms with Gasteiger partial charge in [0.2, 0.25) is 0 Å². The molecule has 0 spiro atoms. The Labute approximate surface area is 106 Å². The summed E-state index contributed by atoms with van der Waals surface area (Å²) >= 11 is 7.38. The van der Waals surface area contributed by atoms with Crippen molar-refractivity contribution in [2.75, 3.05) is 0 Å². The molecule has 0 bridgehead atoms. The molecule has 1 aromatic carbocycles. The van der Waals surface area contributed by atoms with Gasteiger partial charge in [0.1, 0.15) is 4.83 Å². The number of rotatable bonds is 1. The average molecular weight is 263 g/mol. The minimum absolute atomic E-state index is 0.0776. The van der Waals surface area contributed by atoms with E-state index >= 15 is 0 Å². The zero-order valence-corrected chi connectivity index (χ0v) is 10.2. The van der Waals surface area contributed by atoms with Crippen molar-refractivity contribution in [2.45, 2.75) is 0 Å². The molecule has 2 heterocycles. The van der Waals surface area contributed by atoms with Crippen LogP contribution in [0.5, 0.6) is 0 Å². The highest BCUT2D eigenvalue weighted by atomic mass is 35.5. The molecule has 0 saturated carbocycles. The molecule has 0 aliphatic carbocycles. The zero-order valence-electron chi connectivity index (χ0n) is 8.63. The first-order chi connectivity index (χ1) is 8.27. The number of hydrogen-bond acceptors (Lipinski definition) is 3. The van der Waals surface area contributed by atoms with Crippen LogP contribution in [0.1, 0.15) is 0 Å². The first-order valence-corrected chi connectivity index (χ1v) is 6.14. The van der Waals surface area contributed by atoms with E-state index in [2.05, 4.69) is 4.98 Å². The second kappa shape index (κ2) is 3.98.